The highest BCUT2D eigenvalue weighted by atomic mass is 35.5. The summed E-state index contributed by atoms with van der Waals surface area (Å²) in [6, 6.07) is 5.72. The van der Waals surface area contributed by atoms with E-state index in [1.54, 1.807) is 12.4 Å². The molecule has 0 aromatic carbocycles. The molecule has 0 amide bonds. The quantitative estimate of drug-likeness (QED) is 0.528. The van der Waals surface area contributed by atoms with Gasteiger partial charge in [0.05, 0.1) is 0 Å². The smallest absolute Gasteiger partial charge is 0.0279 e. The van der Waals surface area contributed by atoms with Gasteiger partial charge in [0.1, 0.15) is 0 Å². The Labute approximate surface area is 67.1 Å². The summed E-state index contributed by atoms with van der Waals surface area (Å²) in [5, 5.41) is 0.306. The molecule has 1 heterocycles. The highest BCUT2D eigenvalue weighted by molar-refractivity contribution is 6.20. The van der Waals surface area contributed by atoms with Crippen LogP contribution in [0.3, 0.4) is 0 Å². The Morgan fingerprint density at radius 1 is 1.10 bits per heavy atom. The van der Waals surface area contributed by atoms with Crippen molar-refractivity contribution in [3.63, 3.8) is 0 Å². The lowest BCUT2D eigenvalue weighted by molar-refractivity contribution is 1.10. The van der Waals surface area contributed by atoms with Gasteiger partial charge in [-0.25, -0.2) is 0 Å². The van der Waals surface area contributed by atoms with Crippen molar-refractivity contribution in [2.45, 2.75) is 19.2 Å². The van der Waals surface area contributed by atoms with Crippen LogP contribution in [0.1, 0.15) is 13.8 Å². The van der Waals surface area contributed by atoms with Gasteiger partial charge < -0.3 is 0 Å². The number of hydrogen-bond acceptors (Lipinski definition) is 1. The molecule has 0 fully saturated rings. The molecule has 1 aromatic heterocycles. The summed E-state index contributed by atoms with van der Waals surface area (Å²) in [6.07, 6.45) is 3.50. The normalized spacial score (nSPS) is 8.40. The van der Waals surface area contributed by atoms with E-state index in [9.17, 15) is 0 Å². The molecule has 0 unspecified atom stereocenters. The predicted octanol–water partition coefficient (Wildman–Crippen LogP) is 2.72. The number of aromatic nitrogens is 1. The van der Waals surface area contributed by atoms with Gasteiger partial charge in [-0.3, -0.25) is 4.98 Å². The van der Waals surface area contributed by atoms with Crippen LogP contribution in [-0.4, -0.2) is 10.4 Å². The summed E-state index contributed by atoms with van der Waals surface area (Å²) in [6.45, 7) is 3.86. The van der Waals surface area contributed by atoms with E-state index in [-0.39, 0.29) is 0 Å². The highest BCUT2D eigenvalue weighted by Gasteiger charge is 1.71. The molecule has 1 aromatic rings. The zero-order valence-electron chi connectivity index (χ0n) is 6.29. The molecule has 0 spiro atoms. The summed E-state index contributed by atoms with van der Waals surface area (Å²) in [7, 11) is 0. The highest BCUT2D eigenvalue weighted by Crippen LogP contribution is 1.84. The number of alkyl halides is 1. The topological polar surface area (TPSA) is 12.9 Å². The molecule has 2 heteroatoms. The van der Waals surface area contributed by atoms with E-state index >= 15 is 0 Å². The van der Waals surface area contributed by atoms with E-state index in [2.05, 4.69) is 4.98 Å². The third kappa shape index (κ3) is 10.4. The van der Waals surface area contributed by atoms with Crippen LogP contribution in [0.5, 0.6) is 0 Å². The molecule has 0 saturated carbocycles. The molecule has 0 aliphatic carbocycles. The Morgan fingerprint density at radius 2 is 1.50 bits per heavy atom. The fraction of sp³-hybridized carbons (Fsp3) is 0.375. The summed E-state index contributed by atoms with van der Waals surface area (Å²) in [5.41, 5.74) is 0. The minimum Gasteiger partial charge on any atom is -0.265 e. The van der Waals surface area contributed by atoms with Crippen molar-refractivity contribution in [2.24, 2.45) is 0 Å². The van der Waals surface area contributed by atoms with Crippen molar-refractivity contribution < 1.29 is 0 Å². The molecule has 1 nitrogen and oxygen atoms in total. The molecule has 0 atom stereocenters. The molecular weight excluding hydrogens is 146 g/mol. The lowest BCUT2D eigenvalue weighted by atomic mass is 10.5. The molecule has 56 valence electrons. The lowest BCUT2D eigenvalue weighted by Gasteiger charge is -1.76. The van der Waals surface area contributed by atoms with Gasteiger partial charge in [0.15, 0.2) is 0 Å². The maximum absolute atomic E-state index is 5.27. The first kappa shape index (κ1) is 9.44. The molecule has 0 bridgehead atoms. The largest absolute Gasteiger partial charge is 0.265 e. The average Bonchev–Trinajstić information content (AvgIpc) is 1.90. The minimum atomic E-state index is 0.306. The third-order valence-electron chi connectivity index (χ3n) is 0.566. The molecule has 0 saturated heterocycles. The van der Waals surface area contributed by atoms with Crippen molar-refractivity contribution in [3.05, 3.63) is 30.6 Å². The van der Waals surface area contributed by atoms with Crippen LogP contribution in [0.15, 0.2) is 30.6 Å². The summed E-state index contributed by atoms with van der Waals surface area (Å²) >= 11 is 5.27. The van der Waals surface area contributed by atoms with Gasteiger partial charge in [-0.1, -0.05) is 6.07 Å². The van der Waals surface area contributed by atoms with Crippen LogP contribution in [-0.2, 0) is 0 Å². The van der Waals surface area contributed by atoms with Crippen LogP contribution < -0.4 is 0 Å². The van der Waals surface area contributed by atoms with Crippen molar-refractivity contribution in [1.82, 2.24) is 4.98 Å². The molecule has 0 aliphatic heterocycles. The predicted molar refractivity (Wildman–Crippen MR) is 45.2 cm³/mol. The van der Waals surface area contributed by atoms with Crippen LogP contribution in [0.2, 0.25) is 0 Å². The second kappa shape index (κ2) is 6.56. The maximum Gasteiger partial charge on any atom is 0.0279 e. The van der Waals surface area contributed by atoms with Crippen LogP contribution >= 0.6 is 11.6 Å². The number of halogens is 1. The van der Waals surface area contributed by atoms with E-state index in [0.717, 1.165) is 0 Å². The number of pyridine rings is 1. The Hall–Kier alpha value is -0.560. The van der Waals surface area contributed by atoms with Gasteiger partial charge in [-0.2, -0.15) is 0 Å². The Morgan fingerprint density at radius 3 is 1.60 bits per heavy atom. The van der Waals surface area contributed by atoms with Crippen molar-refractivity contribution >= 4 is 11.6 Å². The van der Waals surface area contributed by atoms with Gasteiger partial charge in [0.25, 0.3) is 0 Å². The molecule has 0 aliphatic rings. The summed E-state index contributed by atoms with van der Waals surface area (Å²) in [5.74, 6) is 0. The lowest BCUT2D eigenvalue weighted by Crippen LogP contribution is -1.70. The number of nitrogens with zero attached hydrogens (tertiary/aromatic N) is 1. The molecule has 0 N–H and O–H groups in total. The third-order valence-corrected chi connectivity index (χ3v) is 0.566. The van der Waals surface area contributed by atoms with E-state index < -0.39 is 0 Å². The first-order chi connectivity index (χ1) is 4.73. The van der Waals surface area contributed by atoms with E-state index in [1.807, 2.05) is 32.0 Å². The Balaban J connectivity index is 0.000000180. The van der Waals surface area contributed by atoms with Gasteiger partial charge >= 0.3 is 0 Å². The van der Waals surface area contributed by atoms with Gasteiger partial charge in [-0.05, 0) is 26.0 Å². The standard InChI is InChI=1S/C5H5N.C3H7Cl/c1-2-4-6-5-3-1;1-3(2)4/h1-5H;3H,1-2H3. The van der Waals surface area contributed by atoms with Gasteiger partial charge in [0.2, 0.25) is 0 Å². The molecular formula is C8H12ClN. The summed E-state index contributed by atoms with van der Waals surface area (Å²) in [4.78, 5) is 3.78. The monoisotopic (exact) mass is 157 g/mol. The zero-order valence-corrected chi connectivity index (χ0v) is 7.05. The average molecular weight is 158 g/mol. The zero-order chi connectivity index (χ0) is 7.82. The van der Waals surface area contributed by atoms with Crippen LogP contribution in [0.25, 0.3) is 0 Å². The van der Waals surface area contributed by atoms with Crippen molar-refractivity contribution in [3.8, 4) is 0 Å². The fourth-order valence-electron chi connectivity index (χ4n) is 0.313. The number of hydrogen-bond donors (Lipinski definition) is 0. The fourth-order valence-corrected chi connectivity index (χ4v) is 0.313. The Bertz CT molecular complexity index is 110. The van der Waals surface area contributed by atoms with Gasteiger partial charge in [0, 0.05) is 17.8 Å². The molecule has 10 heavy (non-hydrogen) atoms. The van der Waals surface area contributed by atoms with Gasteiger partial charge in [-0.15, -0.1) is 11.6 Å². The van der Waals surface area contributed by atoms with E-state index in [0.29, 0.717) is 5.38 Å². The molecule has 1 rings (SSSR count). The summed E-state index contributed by atoms with van der Waals surface area (Å²) < 4.78 is 0. The van der Waals surface area contributed by atoms with Crippen LogP contribution in [0, 0.1) is 0 Å². The molecule has 0 radical (unpaired) electrons. The Kier molecular flexibility index (Phi) is 6.19. The maximum atomic E-state index is 5.27. The second-order valence-corrected chi connectivity index (χ2v) is 2.91. The van der Waals surface area contributed by atoms with E-state index in [4.69, 9.17) is 11.6 Å². The second-order valence-electron chi connectivity index (χ2n) is 2.04. The van der Waals surface area contributed by atoms with Crippen molar-refractivity contribution in [1.29, 1.82) is 0 Å². The SMILES string of the molecule is CC(C)Cl.c1ccncc1. The van der Waals surface area contributed by atoms with Crippen molar-refractivity contribution in [2.75, 3.05) is 0 Å². The first-order valence-corrected chi connectivity index (χ1v) is 3.66. The minimum absolute atomic E-state index is 0.306. The number of rotatable bonds is 0. The first-order valence-electron chi connectivity index (χ1n) is 3.22. The van der Waals surface area contributed by atoms with E-state index in [1.165, 1.54) is 0 Å². The van der Waals surface area contributed by atoms with Crippen LogP contribution in [0.4, 0.5) is 0 Å².